The SMILES string of the molecule is Cc1nc(NCC2CC2)nc(NC2CC(CS(=O)(=O)c3ccncc3)C(O)C2O)c1-c1nc2c(C)nccc2s1. The molecular formula is C27H31N7O4S2. The second-order valence-electron chi connectivity index (χ2n) is 10.6. The Kier molecular flexibility index (Phi) is 7.15. The Bertz CT molecular complexity index is 1640. The van der Waals surface area contributed by atoms with Gasteiger partial charge in [0.1, 0.15) is 22.4 Å². The van der Waals surface area contributed by atoms with Crippen LogP contribution in [0.2, 0.25) is 0 Å². The van der Waals surface area contributed by atoms with E-state index in [4.69, 9.17) is 15.0 Å². The van der Waals surface area contributed by atoms with Crippen molar-refractivity contribution >= 4 is 43.2 Å². The van der Waals surface area contributed by atoms with Gasteiger partial charge in [-0.1, -0.05) is 0 Å². The summed E-state index contributed by atoms with van der Waals surface area (Å²) in [5.41, 5.74) is 3.04. The van der Waals surface area contributed by atoms with E-state index in [1.807, 2.05) is 19.9 Å². The largest absolute Gasteiger partial charge is 0.390 e. The lowest BCUT2D eigenvalue weighted by atomic mass is 10.1. The van der Waals surface area contributed by atoms with Gasteiger partial charge in [-0.05, 0) is 57.2 Å². The van der Waals surface area contributed by atoms with Crippen LogP contribution < -0.4 is 10.6 Å². The van der Waals surface area contributed by atoms with E-state index in [0.29, 0.717) is 33.9 Å². The molecule has 0 amide bonds. The molecule has 210 valence electrons. The molecule has 2 fully saturated rings. The first-order valence-electron chi connectivity index (χ1n) is 13.3. The van der Waals surface area contributed by atoms with Gasteiger partial charge in [0, 0.05) is 31.1 Å². The summed E-state index contributed by atoms with van der Waals surface area (Å²) in [5, 5.41) is 29.2. The fraction of sp³-hybridized carbons (Fsp3) is 0.444. The molecule has 4 aromatic heterocycles. The van der Waals surface area contributed by atoms with Crippen LogP contribution in [-0.4, -0.2) is 74.1 Å². The number of pyridine rings is 2. The lowest BCUT2D eigenvalue weighted by Gasteiger charge is -2.21. The third kappa shape index (κ3) is 5.38. The Labute approximate surface area is 236 Å². The van der Waals surface area contributed by atoms with Gasteiger partial charge in [0.25, 0.3) is 0 Å². The van der Waals surface area contributed by atoms with E-state index < -0.39 is 34.0 Å². The number of thiazole rings is 1. The van der Waals surface area contributed by atoms with Crippen molar-refractivity contribution in [1.82, 2.24) is 24.9 Å². The molecule has 0 saturated heterocycles. The number of nitrogens with one attached hydrogen (secondary N) is 2. The van der Waals surface area contributed by atoms with E-state index in [0.717, 1.165) is 22.5 Å². The predicted octanol–water partition coefficient (Wildman–Crippen LogP) is 2.98. The molecule has 4 aromatic rings. The van der Waals surface area contributed by atoms with Gasteiger partial charge in [-0.15, -0.1) is 11.3 Å². The number of hydrogen-bond acceptors (Lipinski definition) is 12. The third-order valence-corrected chi connectivity index (χ3v) is 10.5. The number of aliphatic hydroxyl groups is 2. The molecule has 0 aliphatic heterocycles. The van der Waals surface area contributed by atoms with Gasteiger partial charge in [-0.3, -0.25) is 9.97 Å². The van der Waals surface area contributed by atoms with Crippen LogP contribution in [0.15, 0.2) is 41.7 Å². The maximum atomic E-state index is 13.0. The fourth-order valence-corrected chi connectivity index (χ4v) is 7.93. The maximum Gasteiger partial charge on any atom is 0.224 e. The summed E-state index contributed by atoms with van der Waals surface area (Å²) < 4.78 is 27.0. The van der Waals surface area contributed by atoms with Crippen LogP contribution in [0.4, 0.5) is 11.8 Å². The molecule has 6 rings (SSSR count). The van der Waals surface area contributed by atoms with E-state index in [1.54, 1.807) is 6.20 Å². The first-order valence-corrected chi connectivity index (χ1v) is 15.8. The smallest absolute Gasteiger partial charge is 0.224 e. The average Bonchev–Trinajstić information content (AvgIpc) is 3.61. The minimum atomic E-state index is -3.68. The van der Waals surface area contributed by atoms with Gasteiger partial charge in [0.05, 0.1) is 44.4 Å². The summed E-state index contributed by atoms with van der Waals surface area (Å²) >= 11 is 1.50. The molecule has 11 nitrogen and oxygen atoms in total. The van der Waals surface area contributed by atoms with Gasteiger partial charge in [0.15, 0.2) is 9.84 Å². The molecule has 2 aliphatic carbocycles. The van der Waals surface area contributed by atoms with Gasteiger partial charge in [0.2, 0.25) is 5.95 Å². The number of aliphatic hydroxyl groups excluding tert-OH is 2. The topological polar surface area (TPSA) is 163 Å². The van der Waals surface area contributed by atoms with Gasteiger partial charge in [-0.25, -0.2) is 18.4 Å². The van der Waals surface area contributed by atoms with Gasteiger partial charge in [-0.2, -0.15) is 4.98 Å². The monoisotopic (exact) mass is 581 g/mol. The number of nitrogens with zero attached hydrogens (tertiary/aromatic N) is 5. The zero-order chi connectivity index (χ0) is 28.0. The van der Waals surface area contributed by atoms with E-state index in [2.05, 4.69) is 20.6 Å². The molecule has 4 N–H and O–H groups in total. The van der Waals surface area contributed by atoms with Crippen molar-refractivity contribution in [2.75, 3.05) is 22.9 Å². The summed E-state index contributed by atoms with van der Waals surface area (Å²) in [5.74, 6) is 0.612. The second kappa shape index (κ2) is 10.6. The van der Waals surface area contributed by atoms with Crippen LogP contribution in [0, 0.1) is 25.7 Å². The Balaban J connectivity index is 1.31. The molecule has 4 heterocycles. The highest BCUT2D eigenvalue weighted by Crippen LogP contribution is 2.39. The molecule has 4 unspecified atom stereocenters. The zero-order valence-corrected chi connectivity index (χ0v) is 23.8. The highest BCUT2D eigenvalue weighted by Gasteiger charge is 2.44. The summed E-state index contributed by atoms with van der Waals surface area (Å²) in [6.07, 6.45) is 4.80. The zero-order valence-electron chi connectivity index (χ0n) is 22.1. The minimum Gasteiger partial charge on any atom is -0.390 e. The van der Waals surface area contributed by atoms with Crippen LogP contribution >= 0.6 is 11.3 Å². The van der Waals surface area contributed by atoms with Crippen LogP contribution in [0.3, 0.4) is 0 Å². The molecule has 2 saturated carbocycles. The first kappa shape index (κ1) is 26.9. The van der Waals surface area contributed by atoms with Gasteiger partial charge < -0.3 is 20.8 Å². The first-order chi connectivity index (χ1) is 19.2. The molecule has 0 aromatic carbocycles. The predicted molar refractivity (Wildman–Crippen MR) is 153 cm³/mol. The Morgan fingerprint density at radius 1 is 1.00 bits per heavy atom. The number of aromatic nitrogens is 5. The van der Waals surface area contributed by atoms with E-state index in [9.17, 15) is 18.6 Å². The molecule has 0 radical (unpaired) electrons. The molecular weight excluding hydrogens is 550 g/mol. The average molecular weight is 582 g/mol. The highest BCUT2D eigenvalue weighted by molar-refractivity contribution is 7.91. The van der Waals surface area contributed by atoms with Crippen molar-refractivity contribution in [1.29, 1.82) is 0 Å². The molecule has 0 spiro atoms. The molecule has 2 aliphatic rings. The number of hydrogen-bond donors (Lipinski definition) is 4. The molecule has 4 atom stereocenters. The lowest BCUT2D eigenvalue weighted by molar-refractivity contribution is 0.0216. The quantitative estimate of drug-likeness (QED) is 0.230. The van der Waals surface area contributed by atoms with Crippen molar-refractivity contribution in [2.45, 2.75) is 56.3 Å². The maximum absolute atomic E-state index is 13.0. The van der Waals surface area contributed by atoms with E-state index >= 15 is 0 Å². The van der Waals surface area contributed by atoms with Crippen molar-refractivity contribution in [3.05, 3.63) is 48.2 Å². The van der Waals surface area contributed by atoms with Gasteiger partial charge >= 0.3 is 0 Å². The van der Waals surface area contributed by atoms with Crippen LogP contribution in [0.25, 0.3) is 20.8 Å². The minimum absolute atomic E-state index is 0.140. The van der Waals surface area contributed by atoms with Crippen molar-refractivity contribution in [2.24, 2.45) is 11.8 Å². The lowest BCUT2D eigenvalue weighted by Crippen LogP contribution is -2.36. The summed E-state index contributed by atoms with van der Waals surface area (Å²) in [6, 6.07) is 4.16. The summed E-state index contributed by atoms with van der Waals surface area (Å²) in [7, 11) is -3.68. The normalized spacial score (nSPS) is 23.0. The van der Waals surface area contributed by atoms with E-state index in [-0.39, 0.29) is 17.1 Å². The summed E-state index contributed by atoms with van der Waals surface area (Å²) in [4.78, 5) is 22.7. The van der Waals surface area contributed by atoms with Crippen LogP contribution in [-0.2, 0) is 9.84 Å². The second-order valence-corrected chi connectivity index (χ2v) is 13.7. The Hall–Kier alpha value is -3.26. The number of rotatable bonds is 9. The van der Waals surface area contributed by atoms with Crippen molar-refractivity contribution in [3.63, 3.8) is 0 Å². The summed E-state index contributed by atoms with van der Waals surface area (Å²) in [6.45, 7) is 4.59. The molecule has 40 heavy (non-hydrogen) atoms. The van der Waals surface area contributed by atoms with Crippen molar-refractivity contribution in [3.8, 4) is 10.6 Å². The molecule has 13 heteroatoms. The Morgan fingerprint density at radius 2 is 1.77 bits per heavy atom. The van der Waals surface area contributed by atoms with Crippen LogP contribution in [0.1, 0.15) is 30.7 Å². The number of fused-ring (bicyclic) bond motifs is 1. The van der Waals surface area contributed by atoms with Crippen LogP contribution in [0.5, 0.6) is 0 Å². The number of anilines is 2. The van der Waals surface area contributed by atoms with E-state index in [1.165, 1.54) is 48.7 Å². The highest BCUT2D eigenvalue weighted by atomic mass is 32.2. The number of sulfone groups is 1. The standard InChI is InChI=1S/C27H31N7O4S2/c1-14-21(26-33-22-15(2)29-10-7-20(22)39-26)25(34-27(31-14)30-12-16-3-4-16)32-19-11-17(23(35)24(19)36)13-40(37,38)18-5-8-28-9-6-18/h5-10,16-17,19,23-24,35-36H,3-4,11-13H2,1-2H3,(H2,30,31,32,34). The number of aryl methyl sites for hydroxylation is 2. The van der Waals surface area contributed by atoms with Crippen molar-refractivity contribution < 1.29 is 18.6 Å². The fourth-order valence-electron chi connectivity index (χ4n) is 5.19. The molecule has 0 bridgehead atoms. The Morgan fingerprint density at radius 3 is 2.50 bits per heavy atom. The third-order valence-electron chi connectivity index (χ3n) is 7.61.